The Morgan fingerprint density at radius 3 is 1.27 bits per heavy atom. The van der Waals surface area contributed by atoms with E-state index >= 15 is 0 Å². The summed E-state index contributed by atoms with van der Waals surface area (Å²) in [6.07, 6.45) is 0. The van der Waals surface area contributed by atoms with E-state index in [4.69, 9.17) is 14.2 Å². The SMILES string of the molecule is CN(C)C(=O)c1nc(C(=O)NCC(=O)OCc2ccccc2)c(OCc2ccccc2)c2ccccc12.CN(C)C(=O)c1nc(C(=O)O)c(OCc2ccccc2)c2ccccc12. The summed E-state index contributed by atoms with van der Waals surface area (Å²) in [5.41, 5.74) is 2.49. The topological polar surface area (TPSA) is 178 Å². The summed E-state index contributed by atoms with van der Waals surface area (Å²) in [6, 6.07) is 42.3. The Bertz CT molecular complexity index is 2750. The molecule has 0 radical (unpaired) electrons. The Hall–Kier alpha value is -8.13. The zero-order valence-corrected chi connectivity index (χ0v) is 35.1. The van der Waals surface area contributed by atoms with Crippen LogP contribution in [0.5, 0.6) is 11.5 Å². The number of amides is 3. The van der Waals surface area contributed by atoms with E-state index in [0.29, 0.717) is 21.5 Å². The molecule has 0 bridgehead atoms. The van der Waals surface area contributed by atoms with Gasteiger partial charge in [-0.15, -0.1) is 0 Å². The molecule has 14 heteroatoms. The molecule has 0 atom stereocenters. The number of hydrogen-bond acceptors (Lipinski definition) is 10. The van der Waals surface area contributed by atoms with Crippen LogP contribution in [0.4, 0.5) is 0 Å². The number of ether oxygens (including phenoxy) is 3. The number of aromatic nitrogens is 2. The number of nitrogens with zero attached hydrogens (tertiary/aromatic N) is 4. The Morgan fingerprint density at radius 1 is 0.492 bits per heavy atom. The number of benzene rings is 5. The number of carbonyl (C=O) groups excluding carboxylic acids is 4. The van der Waals surface area contributed by atoms with Crippen LogP contribution >= 0.6 is 0 Å². The maximum Gasteiger partial charge on any atom is 0.358 e. The van der Waals surface area contributed by atoms with Crippen molar-refractivity contribution in [2.75, 3.05) is 34.7 Å². The fourth-order valence-electron chi connectivity index (χ4n) is 6.30. The Morgan fingerprint density at radius 2 is 0.857 bits per heavy atom. The normalized spacial score (nSPS) is 10.5. The van der Waals surface area contributed by atoms with E-state index in [1.54, 1.807) is 76.7 Å². The van der Waals surface area contributed by atoms with E-state index in [1.165, 1.54) is 9.80 Å². The molecule has 63 heavy (non-hydrogen) atoms. The number of nitrogens with one attached hydrogen (secondary N) is 1. The summed E-state index contributed by atoms with van der Waals surface area (Å²) < 4.78 is 17.2. The average molecular weight is 848 g/mol. The molecule has 2 N–H and O–H groups in total. The van der Waals surface area contributed by atoms with Crippen molar-refractivity contribution < 1.29 is 43.3 Å². The lowest BCUT2D eigenvalue weighted by atomic mass is 10.1. The minimum absolute atomic E-state index is 0.0873. The molecular weight excluding hydrogens is 803 g/mol. The van der Waals surface area contributed by atoms with E-state index in [-0.39, 0.29) is 72.5 Å². The van der Waals surface area contributed by atoms with Crippen LogP contribution in [0.3, 0.4) is 0 Å². The minimum atomic E-state index is -1.24. The fourth-order valence-corrected chi connectivity index (χ4v) is 6.30. The predicted octanol–water partition coefficient (Wildman–Crippen LogP) is 7.20. The first-order valence-corrected chi connectivity index (χ1v) is 19.8. The number of carboxylic acid groups (broad SMARTS) is 1. The van der Waals surface area contributed by atoms with E-state index in [1.807, 2.05) is 91.0 Å². The largest absolute Gasteiger partial charge is 0.486 e. The van der Waals surface area contributed by atoms with E-state index in [0.717, 1.165) is 16.7 Å². The molecule has 3 amide bonds. The van der Waals surface area contributed by atoms with Gasteiger partial charge in [-0.05, 0) is 16.7 Å². The lowest BCUT2D eigenvalue weighted by Gasteiger charge is -2.18. The third-order valence-electron chi connectivity index (χ3n) is 9.45. The average Bonchev–Trinajstić information content (AvgIpc) is 3.31. The standard InChI is InChI=1S/C29H27N3O5.C20H18N2O4/c1-32(2)29(35)25-22-15-9-10-16-23(22)27(37-19-21-13-7-4-8-14-21)26(31-25)28(34)30-17-24(33)36-18-20-11-5-3-6-12-20;1-22(2)19(23)16-14-10-6-7-11-15(14)18(17(21-16)20(24)25)26-12-13-8-4-3-5-9-13/h3-16H,17-19H2,1-2H3,(H,30,34);3-11H,12H2,1-2H3,(H,24,25). The molecule has 0 aliphatic rings. The molecule has 0 saturated carbocycles. The number of rotatable bonds is 14. The summed E-state index contributed by atoms with van der Waals surface area (Å²) >= 11 is 0. The third-order valence-corrected chi connectivity index (χ3v) is 9.45. The Balaban J connectivity index is 0.000000223. The first-order chi connectivity index (χ1) is 30.4. The number of carbonyl (C=O) groups is 5. The van der Waals surface area contributed by atoms with Crippen LogP contribution in [0, 0.1) is 0 Å². The lowest BCUT2D eigenvalue weighted by molar-refractivity contribution is -0.143. The molecule has 14 nitrogen and oxygen atoms in total. The molecule has 7 rings (SSSR count). The van der Waals surface area contributed by atoms with Gasteiger partial charge in [0.2, 0.25) is 0 Å². The smallest absolute Gasteiger partial charge is 0.358 e. The van der Waals surface area contributed by atoms with Gasteiger partial charge >= 0.3 is 11.9 Å². The van der Waals surface area contributed by atoms with Gasteiger partial charge in [-0.2, -0.15) is 0 Å². The van der Waals surface area contributed by atoms with Crippen molar-refractivity contribution >= 4 is 51.2 Å². The summed E-state index contributed by atoms with van der Waals surface area (Å²) in [5.74, 6) is -2.84. The highest BCUT2D eigenvalue weighted by Gasteiger charge is 2.26. The fraction of sp³-hybridized carbons (Fsp3) is 0.163. The third kappa shape index (κ3) is 11.2. The monoisotopic (exact) mass is 847 g/mol. The second-order valence-corrected chi connectivity index (χ2v) is 14.4. The zero-order chi connectivity index (χ0) is 44.9. The molecular formula is C49H45N5O9. The van der Waals surface area contributed by atoms with Gasteiger partial charge in [0.1, 0.15) is 37.8 Å². The van der Waals surface area contributed by atoms with Crippen LogP contribution in [0.1, 0.15) is 58.6 Å². The molecule has 5 aromatic carbocycles. The van der Waals surface area contributed by atoms with Gasteiger partial charge in [0.05, 0.1) is 0 Å². The van der Waals surface area contributed by atoms with Gasteiger partial charge in [-0.25, -0.2) is 14.8 Å². The summed E-state index contributed by atoms with van der Waals surface area (Å²) in [7, 11) is 6.42. The highest BCUT2D eigenvalue weighted by Crippen LogP contribution is 2.33. The first kappa shape index (κ1) is 44.4. The van der Waals surface area contributed by atoms with Crippen molar-refractivity contribution in [3.05, 3.63) is 179 Å². The number of aromatic carboxylic acids is 1. The highest BCUT2D eigenvalue weighted by molar-refractivity contribution is 6.11. The van der Waals surface area contributed by atoms with Gasteiger partial charge in [-0.1, -0.05) is 140 Å². The van der Waals surface area contributed by atoms with Gasteiger partial charge in [0.15, 0.2) is 22.9 Å². The summed E-state index contributed by atoms with van der Waals surface area (Å²) in [4.78, 5) is 74.0. The lowest BCUT2D eigenvalue weighted by Crippen LogP contribution is -2.32. The quantitative estimate of drug-likeness (QED) is 0.106. The van der Waals surface area contributed by atoms with Crippen LogP contribution < -0.4 is 14.8 Å². The maximum atomic E-state index is 13.3. The van der Waals surface area contributed by atoms with E-state index < -0.39 is 17.8 Å². The minimum Gasteiger partial charge on any atom is -0.486 e. The van der Waals surface area contributed by atoms with Crippen LogP contribution in [0.15, 0.2) is 140 Å². The van der Waals surface area contributed by atoms with Gasteiger partial charge in [-0.3, -0.25) is 19.2 Å². The Labute approximate surface area is 363 Å². The molecule has 320 valence electrons. The van der Waals surface area contributed by atoms with Crippen LogP contribution in [0.25, 0.3) is 21.5 Å². The summed E-state index contributed by atoms with van der Waals surface area (Å²) in [5, 5.41) is 14.4. The molecule has 0 unspecified atom stereocenters. The Kier molecular flexibility index (Phi) is 14.7. The number of fused-ring (bicyclic) bond motifs is 2. The van der Waals surface area contributed by atoms with Crippen LogP contribution in [0.2, 0.25) is 0 Å². The van der Waals surface area contributed by atoms with Crippen molar-refractivity contribution in [1.82, 2.24) is 25.1 Å². The molecule has 7 aromatic rings. The van der Waals surface area contributed by atoms with Crippen LogP contribution in [-0.4, -0.2) is 89.3 Å². The highest BCUT2D eigenvalue weighted by atomic mass is 16.5. The molecule has 0 spiro atoms. The molecule has 0 fully saturated rings. The molecule has 0 saturated heterocycles. The maximum absolute atomic E-state index is 13.3. The molecule has 2 aromatic heterocycles. The number of hydrogen-bond donors (Lipinski definition) is 2. The second kappa shape index (κ2) is 20.9. The van der Waals surface area contributed by atoms with Crippen molar-refractivity contribution in [2.24, 2.45) is 0 Å². The number of esters is 1. The van der Waals surface area contributed by atoms with Gasteiger partial charge in [0, 0.05) is 49.7 Å². The van der Waals surface area contributed by atoms with Crippen LogP contribution in [-0.2, 0) is 29.4 Å². The van der Waals surface area contributed by atoms with E-state index in [9.17, 15) is 29.1 Å². The second-order valence-electron chi connectivity index (χ2n) is 14.4. The van der Waals surface area contributed by atoms with Crippen molar-refractivity contribution in [2.45, 2.75) is 19.8 Å². The van der Waals surface area contributed by atoms with Gasteiger partial charge in [0.25, 0.3) is 17.7 Å². The van der Waals surface area contributed by atoms with Crippen molar-refractivity contribution in [1.29, 1.82) is 0 Å². The van der Waals surface area contributed by atoms with Crippen molar-refractivity contribution in [3.63, 3.8) is 0 Å². The molecule has 2 heterocycles. The van der Waals surface area contributed by atoms with E-state index in [2.05, 4.69) is 15.3 Å². The molecule has 0 aliphatic carbocycles. The summed E-state index contributed by atoms with van der Waals surface area (Å²) in [6.45, 7) is 0.118. The molecule has 0 aliphatic heterocycles. The van der Waals surface area contributed by atoms with Gasteiger partial charge < -0.3 is 34.4 Å². The van der Waals surface area contributed by atoms with Crippen molar-refractivity contribution in [3.8, 4) is 11.5 Å². The first-order valence-electron chi connectivity index (χ1n) is 19.8. The number of pyridine rings is 2. The number of carboxylic acids is 1. The zero-order valence-electron chi connectivity index (χ0n) is 35.1. The predicted molar refractivity (Wildman–Crippen MR) is 237 cm³/mol.